The summed E-state index contributed by atoms with van der Waals surface area (Å²) in [5, 5.41) is 14.0. The second-order valence-electron chi connectivity index (χ2n) is 5.89. The summed E-state index contributed by atoms with van der Waals surface area (Å²) in [5.74, 6) is -2.52. The fraction of sp³-hybridized carbons (Fsp3) is 0.100. The van der Waals surface area contributed by atoms with Gasteiger partial charge in [-0.15, -0.1) is 11.8 Å². The molecule has 0 aliphatic rings. The molecule has 8 nitrogen and oxygen atoms in total. The van der Waals surface area contributed by atoms with E-state index in [1.807, 2.05) is 0 Å². The number of primary amides is 1. The van der Waals surface area contributed by atoms with Crippen LogP contribution in [0.5, 0.6) is 0 Å². The quantitative estimate of drug-likeness (QED) is 0.387. The highest BCUT2D eigenvalue weighted by Crippen LogP contribution is 2.21. The molecule has 2 rings (SSSR count). The lowest BCUT2D eigenvalue weighted by Gasteiger charge is -2.09. The molecule has 0 aliphatic carbocycles. The number of benzene rings is 2. The van der Waals surface area contributed by atoms with Crippen molar-refractivity contribution < 1.29 is 24.3 Å². The molecule has 0 unspecified atom stereocenters. The van der Waals surface area contributed by atoms with Crippen molar-refractivity contribution in [2.75, 3.05) is 16.4 Å². The van der Waals surface area contributed by atoms with Crippen molar-refractivity contribution in [3.05, 3.63) is 65.7 Å². The molecule has 5 N–H and O–H groups in total. The van der Waals surface area contributed by atoms with Crippen LogP contribution in [0.15, 0.2) is 65.1 Å². The Balaban J connectivity index is 1.90. The summed E-state index contributed by atoms with van der Waals surface area (Å²) in [5.41, 5.74) is 6.30. The van der Waals surface area contributed by atoms with Crippen LogP contribution in [-0.4, -0.2) is 34.6 Å². The Bertz CT molecular complexity index is 970. The zero-order chi connectivity index (χ0) is 21.4. The standard InChI is InChI=1S/C20H19N3O5S/c1-12(20(27)28)10-17(24)22-13-6-8-14(9-7-13)29-11-18(25)23-16-5-3-2-4-15(16)19(21)26/h2-10H,11H2,1H3,(H2,21,26)(H,22,24)(H,23,25)(H,27,28). The molecule has 0 atom stereocenters. The highest BCUT2D eigenvalue weighted by Gasteiger charge is 2.11. The van der Waals surface area contributed by atoms with Crippen LogP contribution in [0.2, 0.25) is 0 Å². The summed E-state index contributed by atoms with van der Waals surface area (Å²) in [6.45, 7) is 1.33. The number of carbonyl (C=O) groups excluding carboxylic acids is 3. The summed E-state index contributed by atoms with van der Waals surface area (Å²) >= 11 is 1.27. The molecule has 150 valence electrons. The van der Waals surface area contributed by atoms with Gasteiger partial charge in [0.05, 0.1) is 17.0 Å². The second-order valence-corrected chi connectivity index (χ2v) is 6.94. The first-order chi connectivity index (χ1) is 13.8. The van der Waals surface area contributed by atoms with E-state index in [-0.39, 0.29) is 22.8 Å². The van der Waals surface area contributed by atoms with E-state index in [0.29, 0.717) is 11.4 Å². The fourth-order valence-electron chi connectivity index (χ4n) is 2.21. The van der Waals surface area contributed by atoms with E-state index in [1.165, 1.54) is 24.8 Å². The van der Waals surface area contributed by atoms with Gasteiger partial charge in [0.25, 0.3) is 5.91 Å². The van der Waals surface area contributed by atoms with E-state index in [9.17, 15) is 19.2 Å². The summed E-state index contributed by atoms with van der Waals surface area (Å²) in [4.78, 5) is 46.8. The molecule has 29 heavy (non-hydrogen) atoms. The van der Waals surface area contributed by atoms with Gasteiger partial charge in [-0.05, 0) is 43.3 Å². The molecule has 0 spiro atoms. The van der Waals surface area contributed by atoms with Crippen LogP contribution in [0.3, 0.4) is 0 Å². The van der Waals surface area contributed by atoms with Crippen molar-refractivity contribution in [2.24, 2.45) is 5.73 Å². The van der Waals surface area contributed by atoms with Gasteiger partial charge in [-0.1, -0.05) is 12.1 Å². The maximum Gasteiger partial charge on any atom is 0.331 e. The monoisotopic (exact) mass is 413 g/mol. The second kappa shape index (κ2) is 10.1. The van der Waals surface area contributed by atoms with Crippen molar-refractivity contribution >= 4 is 46.8 Å². The molecule has 3 amide bonds. The molecule has 2 aromatic carbocycles. The van der Waals surface area contributed by atoms with Crippen LogP contribution >= 0.6 is 11.8 Å². The van der Waals surface area contributed by atoms with Gasteiger partial charge >= 0.3 is 5.97 Å². The number of aliphatic carboxylic acids is 1. The Hall–Kier alpha value is -3.59. The maximum absolute atomic E-state index is 12.1. The SMILES string of the molecule is CC(=CC(=O)Nc1ccc(SCC(=O)Nc2ccccc2C(N)=O)cc1)C(=O)O. The molecule has 0 aromatic heterocycles. The lowest BCUT2D eigenvalue weighted by molar-refractivity contribution is -0.132. The minimum Gasteiger partial charge on any atom is -0.478 e. The van der Waals surface area contributed by atoms with Gasteiger partial charge in [0.2, 0.25) is 11.8 Å². The zero-order valence-electron chi connectivity index (χ0n) is 15.5. The van der Waals surface area contributed by atoms with E-state index >= 15 is 0 Å². The van der Waals surface area contributed by atoms with Crippen molar-refractivity contribution in [1.82, 2.24) is 0 Å². The van der Waals surface area contributed by atoms with Gasteiger partial charge in [0, 0.05) is 22.2 Å². The highest BCUT2D eigenvalue weighted by atomic mass is 32.2. The molecular formula is C20H19N3O5S. The minimum atomic E-state index is -1.16. The molecule has 0 radical (unpaired) electrons. The number of anilines is 2. The lowest BCUT2D eigenvalue weighted by Crippen LogP contribution is -2.19. The summed E-state index contributed by atoms with van der Waals surface area (Å²) in [6, 6.07) is 13.2. The number of nitrogens with one attached hydrogen (secondary N) is 2. The van der Waals surface area contributed by atoms with Crippen molar-refractivity contribution in [1.29, 1.82) is 0 Å². The average Bonchev–Trinajstić information content (AvgIpc) is 2.67. The van der Waals surface area contributed by atoms with Gasteiger partial charge in [0.1, 0.15) is 0 Å². The molecule has 0 aliphatic heterocycles. The van der Waals surface area contributed by atoms with Gasteiger partial charge < -0.3 is 21.5 Å². The Morgan fingerprint density at radius 1 is 1.03 bits per heavy atom. The Kier molecular flexibility index (Phi) is 7.55. The zero-order valence-corrected chi connectivity index (χ0v) is 16.3. The topological polar surface area (TPSA) is 139 Å². The van der Waals surface area contributed by atoms with Gasteiger partial charge in [0.15, 0.2) is 0 Å². The van der Waals surface area contributed by atoms with Crippen molar-refractivity contribution in [3.63, 3.8) is 0 Å². The minimum absolute atomic E-state index is 0.0707. The number of carboxylic acid groups (broad SMARTS) is 1. The van der Waals surface area contributed by atoms with Crippen molar-refractivity contribution in [3.8, 4) is 0 Å². The third kappa shape index (κ3) is 6.82. The summed E-state index contributed by atoms with van der Waals surface area (Å²) in [7, 11) is 0. The number of carbonyl (C=O) groups is 4. The summed E-state index contributed by atoms with van der Waals surface area (Å²) < 4.78 is 0. The first-order valence-corrected chi connectivity index (χ1v) is 9.39. The first-order valence-electron chi connectivity index (χ1n) is 8.40. The number of carboxylic acids is 1. The van der Waals surface area contributed by atoms with Crippen LogP contribution in [0, 0.1) is 0 Å². The lowest BCUT2D eigenvalue weighted by atomic mass is 10.1. The van der Waals surface area contributed by atoms with E-state index in [0.717, 1.165) is 11.0 Å². The predicted octanol–water partition coefficient (Wildman–Crippen LogP) is 2.49. The Morgan fingerprint density at radius 2 is 1.69 bits per heavy atom. The van der Waals surface area contributed by atoms with E-state index in [1.54, 1.807) is 42.5 Å². The molecule has 2 aromatic rings. The van der Waals surface area contributed by atoms with Crippen molar-refractivity contribution in [2.45, 2.75) is 11.8 Å². The van der Waals surface area contributed by atoms with Crippen LogP contribution in [0.25, 0.3) is 0 Å². The third-order valence-electron chi connectivity index (χ3n) is 3.64. The van der Waals surface area contributed by atoms with E-state index in [4.69, 9.17) is 10.8 Å². The number of hydrogen-bond donors (Lipinski definition) is 4. The van der Waals surface area contributed by atoms with Gasteiger partial charge in [-0.2, -0.15) is 0 Å². The van der Waals surface area contributed by atoms with Gasteiger partial charge in [-0.25, -0.2) is 4.79 Å². The average molecular weight is 413 g/mol. The Morgan fingerprint density at radius 3 is 2.31 bits per heavy atom. The fourth-order valence-corrected chi connectivity index (χ4v) is 2.91. The first kappa shape index (κ1) is 21.7. The molecule has 0 heterocycles. The number of amides is 3. The molecular weight excluding hydrogens is 394 g/mol. The number of para-hydroxylation sites is 1. The van der Waals surface area contributed by atoms with E-state index < -0.39 is 17.8 Å². The third-order valence-corrected chi connectivity index (χ3v) is 4.66. The molecule has 0 fully saturated rings. The molecule has 0 bridgehead atoms. The molecule has 0 saturated carbocycles. The largest absolute Gasteiger partial charge is 0.478 e. The van der Waals surface area contributed by atoms with Gasteiger partial charge in [-0.3, -0.25) is 14.4 Å². The molecule has 0 saturated heterocycles. The highest BCUT2D eigenvalue weighted by molar-refractivity contribution is 8.00. The van der Waals surface area contributed by atoms with Crippen LogP contribution < -0.4 is 16.4 Å². The van der Waals surface area contributed by atoms with Crippen LogP contribution in [-0.2, 0) is 14.4 Å². The number of rotatable bonds is 8. The smallest absolute Gasteiger partial charge is 0.331 e. The number of thioether (sulfide) groups is 1. The molecule has 9 heteroatoms. The number of hydrogen-bond acceptors (Lipinski definition) is 5. The summed E-state index contributed by atoms with van der Waals surface area (Å²) in [6.07, 6.45) is 0.999. The van der Waals surface area contributed by atoms with E-state index in [2.05, 4.69) is 10.6 Å². The predicted molar refractivity (Wildman–Crippen MR) is 111 cm³/mol. The normalized spacial score (nSPS) is 10.9. The number of nitrogens with two attached hydrogens (primary N) is 1. The maximum atomic E-state index is 12.1. The van der Waals surface area contributed by atoms with Crippen LogP contribution in [0.1, 0.15) is 17.3 Å². The Labute approximate surface area is 171 Å². The van der Waals surface area contributed by atoms with Crippen LogP contribution in [0.4, 0.5) is 11.4 Å².